The van der Waals surface area contributed by atoms with Gasteiger partial charge in [0.05, 0.1) is 0 Å². The van der Waals surface area contributed by atoms with Crippen LogP contribution in [0.3, 0.4) is 0 Å². The van der Waals surface area contributed by atoms with Gasteiger partial charge >= 0.3 is 18.1 Å². The van der Waals surface area contributed by atoms with Gasteiger partial charge in [-0.25, -0.2) is 0 Å². The highest BCUT2D eigenvalue weighted by molar-refractivity contribution is 5.95. The van der Waals surface area contributed by atoms with E-state index in [1.807, 2.05) is 0 Å². The van der Waals surface area contributed by atoms with E-state index in [1.54, 1.807) is 17.4 Å². The summed E-state index contributed by atoms with van der Waals surface area (Å²) in [5.41, 5.74) is 0.525. The molecule has 0 fully saturated rings. The molecule has 7 heteroatoms. The fourth-order valence-electron chi connectivity index (χ4n) is 1.48. The van der Waals surface area contributed by atoms with E-state index in [-0.39, 0.29) is 24.9 Å². The van der Waals surface area contributed by atoms with E-state index in [9.17, 15) is 22.8 Å². The van der Waals surface area contributed by atoms with Gasteiger partial charge in [0, 0.05) is 12.1 Å². The van der Waals surface area contributed by atoms with E-state index in [4.69, 9.17) is 5.11 Å². The smallest absolute Gasteiger partial charge is 0.471 e. The third kappa shape index (κ3) is 4.99. The standard InChI is InChI=1S/C12H12F3NO3/c13-12(14,15)11(19)16-9-6-2-1-4-8(9)5-3-7-10(17)18/h1-2,4,6H,3,5,7H2,(H,16,19)(H,17,18). The van der Waals surface area contributed by atoms with Crippen LogP contribution in [0.2, 0.25) is 0 Å². The number of anilines is 1. The van der Waals surface area contributed by atoms with Crippen molar-refractivity contribution in [3.05, 3.63) is 29.8 Å². The van der Waals surface area contributed by atoms with Crippen molar-refractivity contribution in [2.45, 2.75) is 25.4 Å². The monoisotopic (exact) mass is 275 g/mol. The van der Waals surface area contributed by atoms with Crippen LogP contribution in [0, 0.1) is 0 Å². The van der Waals surface area contributed by atoms with Gasteiger partial charge in [-0.05, 0) is 24.5 Å². The number of carbonyl (C=O) groups excluding carboxylic acids is 1. The van der Waals surface area contributed by atoms with Gasteiger partial charge in [-0.1, -0.05) is 18.2 Å². The largest absolute Gasteiger partial charge is 0.481 e. The van der Waals surface area contributed by atoms with Crippen molar-refractivity contribution in [2.75, 3.05) is 5.32 Å². The number of hydrogen-bond donors (Lipinski definition) is 2. The third-order valence-electron chi connectivity index (χ3n) is 2.36. The lowest BCUT2D eigenvalue weighted by atomic mass is 10.1. The number of para-hydroxylation sites is 1. The Balaban J connectivity index is 2.73. The first kappa shape index (κ1) is 15.0. The molecule has 0 bridgehead atoms. The predicted molar refractivity (Wildman–Crippen MR) is 61.7 cm³/mol. The van der Waals surface area contributed by atoms with Crippen LogP contribution in [0.5, 0.6) is 0 Å². The molecule has 0 atom stereocenters. The Hall–Kier alpha value is -2.05. The van der Waals surface area contributed by atoms with Gasteiger partial charge in [0.25, 0.3) is 0 Å². The minimum Gasteiger partial charge on any atom is -0.481 e. The minimum absolute atomic E-state index is 0.0511. The number of benzene rings is 1. The van der Waals surface area contributed by atoms with E-state index < -0.39 is 18.1 Å². The molecular weight excluding hydrogens is 263 g/mol. The van der Waals surface area contributed by atoms with Gasteiger partial charge in [0.1, 0.15) is 0 Å². The summed E-state index contributed by atoms with van der Waals surface area (Å²) in [5.74, 6) is -3.02. The number of hydrogen-bond acceptors (Lipinski definition) is 2. The SMILES string of the molecule is O=C(O)CCCc1ccccc1NC(=O)C(F)(F)F. The lowest BCUT2D eigenvalue weighted by Crippen LogP contribution is -2.30. The van der Waals surface area contributed by atoms with E-state index >= 15 is 0 Å². The van der Waals surface area contributed by atoms with Gasteiger partial charge in [-0.15, -0.1) is 0 Å². The minimum atomic E-state index is -4.95. The molecule has 1 aromatic carbocycles. The summed E-state index contributed by atoms with van der Waals surface area (Å²) in [6.07, 6.45) is -4.47. The fraction of sp³-hybridized carbons (Fsp3) is 0.333. The number of aliphatic carboxylic acids is 1. The normalized spacial score (nSPS) is 11.1. The van der Waals surface area contributed by atoms with Crippen LogP contribution in [0.4, 0.5) is 18.9 Å². The second kappa shape index (κ2) is 6.21. The molecule has 0 saturated carbocycles. The van der Waals surface area contributed by atoms with Crippen LogP contribution in [-0.2, 0) is 16.0 Å². The van der Waals surface area contributed by atoms with E-state index in [2.05, 4.69) is 0 Å². The number of rotatable bonds is 5. The summed E-state index contributed by atoms with van der Waals surface area (Å²) in [4.78, 5) is 21.2. The first-order chi connectivity index (χ1) is 8.80. The average Bonchev–Trinajstić information content (AvgIpc) is 2.29. The summed E-state index contributed by atoms with van der Waals surface area (Å²) < 4.78 is 36.4. The summed E-state index contributed by atoms with van der Waals surface area (Å²) in [6.45, 7) is 0. The third-order valence-corrected chi connectivity index (χ3v) is 2.36. The molecule has 0 heterocycles. The van der Waals surface area contributed by atoms with Crippen LogP contribution in [0.25, 0.3) is 0 Å². The van der Waals surface area contributed by atoms with Gasteiger partial charge in [0.15, 0.2) is 0 Å². The highest BCUT2D eigenvalue weighted by Crippen LogP contribution is 2.22. The number of nitrogens with one attached hydrogen (secondary N) is 1. The highest BCUT2D eigenvalue weighted by atomic mass is 19.4. The van der Waals surface area contributed by atoms with Crippen molar-refractivity contribution < 1.29 is 27.9 Å². The van der Waals surface area contributed by atoms with Crippen molar-refractivity contribution in [3.63, 3.8) is 0 Å². The molecule has 1 rings (SSSR count). The second-order valence-electron chi connectivity index (χ2n) is 3.86. The summed E-state index contributed by atoms with van der Waals surface area (Å²) in [6, 6.07) is 6.00. The maximum absolute atomic E-state index is 12.1. The number of amides is 1. The average molecular weight is 275 g/mol. The Kier molecular flexibility index (Phi) is 4.91. The van der Waals surface area contributed by atoms with Gasteiger partial charge < -0.3 is 10.4 Å². The van der Waals surface area contributed by atoms with Gasteiger partial charge in [0.2, 0.25) is 0 Å². The zero-order valence-corrected chi connectivity index (χ0v) is 9.83. The molecule has 0 aromatic heterocycles. The quantitative estimate of drug-likeness (QED) is 0.868. The molecule has 1 aromatic rings. The topological polar surface area (TPSA) is 66.4 Å². The highest BCUT2D eigenvalue weighted by Gasteiger charge is 2.38. The van der Waals surface area contributed by atoms with Crippen molar-refractivity contribution >= 4 is 17.6 Å². The van der Waals surface area contributed by atoms with Crippen molar-refractivity contribution in [1.29, 1.82) is 0 Å². The van der Waals surface area contributed by atoms with Crippen molar-refractivity contribution in [1.82, 2.24) is 0 Å². The first-order valence-corrected chi connectivity index (χ1v) is 5.48. The molecule has 1 amide bonds. The number of carboxylic acids is 1. The van der Waals surface area contributed by atoms with Crippen LogP contribution in [-0.4, -0.2) is 23.2 Å². The van der Waals surface area contributed by atoms with Crippen LogP contribution >= 0.6 is 0 Å². The second-order valence-corrected chi connectivity index (χ2v) is 3.86. The Morgan fingerprint density at radius 1 is 1.21 bits per heavy atom. The van der Waals surface area contributed by atoms with Crippen LogP contribution in [0.15, 0.2) is 24.3 Å². The number of carbonyl (C=O) groups is 2. The lowest BCUT2D eigenvalue weighted by Gasteiger charge is -2.12. The molecule has 0 unspecified atom stereocenters. The molecule has 0 spiro atoms. The molecule has 0 aliphatic rings. The lowest BCUT2D eigenvalue weighted by molar-refractivity contribution is -0.167. The molecule has 0 saturated heterocycles. The van der Waals surface area contributed by atoms with E-state index in [0.717, 1.165) is 0 Å². The fourth-order valence-corrected chi connectivity index (χ4v) is 1.48. The molecular formula is C12H12F3NO3. The maximum atomic E-state index is 12.1. The maximum Gasteiger partial charge on any atom is 0.471 e. The molecule has 2 N–H and O–H groups in total. The van der Waals surface area contributed by atoms with Crippen molar-refractivity contribution in [2.24, 2.45) is 0 Å². The Bertz CT molecular complexity index is 472. The molecule has 0 aliphatic heterocycles. The number of alkyl halides is 3. The Morgan fingerprint density at radius 3 is 2.42 bits per heavy atom. The van der Waals surface area contributed by atoms with E-state index in [0.29, 0.717) is 5.56 Å². The molecule has 0 radical (unpaired) electrons. The molecule has 104 valence electrons. The summed E-state index contributed by atoms with van der Waals surface area (Å²) in [7, 11) is 0. The Morgan fingerprint density at radius 2 is 1.84 bits per heavy atom. The van der Waals surface area contributed by atoms with Crippen LogP contribution < -0.4 is 5.32 Å². The van der Waals surface area contributed by atoms with Crippen LogP contribution in [0.1, 0.15) is 18.4 Å². The number of carboxylic acid groups (broad SMARTS) is 1. The predicted octanol–water partition coefficient (Wildman–Crippen LogP) is 2.59. The summed E-state index contributed by atoms with van der Waals surface area (Å²) in [5, 5.41) is 10.3. The molecule has 19 heavy (non-hydrogen) atoms. The molecule has 4 nitrogen and oxygen atoms in total. The Labute approximate surface area is 107 Å². The first-order valence-electron chi connectivity index (χ1n) is 5.48. The van der Waals surface area contributed by atoms with Gasteiger partial charge in [-0.2, -0.15) is 13.2 Å². The zero-order valence-electron chi connectivity index (χ0n) is 9.83. The number of halogens is 3. The number of aryl methyl sites for hydroxylation is 1. The zero-order chi connectivity index (χ0) is 14.5. The van der Waals surface area contributed by atoms with E-state index in [1.165, 1.54) is 12.1 Å². The molecule has 0 aliphatic carbocycles. The van der Waals surface area contributed by atoms with Crippen molar-refractivity contribution in [3.8, 4) is 0 Å². The van der Waals surface area contributed by atoms with Gasteiger partial charge in [-0.3, -0.25) is 9.59 Å². The summed E-state index contributed by atoms with van der Waals surface area (Å²) >= 11 is 0.